The maximum atomic E-state index is 10.8. The van der Waals surface area contributed by atoms with Gasteiger partial charge in [-0.05, 0) is 30.3 Å². The van der Waals surface area contributed by atoms with Crippen LogP contribution < -0.4 is 5.43 Å². The molecule has 0 heterocycles. The highest BCUT2D eigenvalue weighted by Gasteiger charge is 2.02. The van der Waals surface area contributed by atoms with E-state index in [0.29, 0.717) is 11.3 Å². The van der Waals surface area contributed by atoms with Crippen molar-refractivity contribution in [2.24, 2.45) is 5.10 Å². The number of rotatable bonds is 4. The molecule has 0 aliphatic rings. The van der Waals surface area contributed by atoms with Crippen LogP contribution in [0.3, 0.4) is 0 Å². The number of anilines is 1. The lowest BCUT2D eigenvalue weighted by Crippen LogP contribution is -1.97. The Balaban J connectivity index is 2.09. The molecular formula is C14H12N2O3. The molecule has 0 amide bonds. The fraction of sp³-hybridized carbons (Fsp3) is 0. The summed E-state index contributed by atoms with van der Waals surface area (Å²) in [5.41, 5.74) is 4.03. The maximum Gasteiger partial charge on any atom is 0.335 e. The monoisotopic (exact) mass is 256 g/mol. The summed E-state index contributed by atoms with van der Waals surface area (Å²) < 4.78 is 0. The molecule has 19 heavy (non-hydrogen) atoms. The lowest BCUT2D eigenvalue weighted by molar-refractivity contribution is 0.0697. The van der Waals surface area contributed by atoms with Gasteiger partial charge in [-0.25, -0.2) is 4.79 Å². The summed E-state index contributed by atoms with van der Waals surface area (Å²) in [6.07, 6.45) is 1.46. The third-order valence-electron chi connectivity index (χ3n) is 2.44. The van der Waals surface area contributed by atoms with Gasteiger partial charge in [-0.1, -0.05) is 18.2 Å². The second-order valence-electron chi connectivity index (χ2n) is 3.81. The number of nitrogens with one attached hydrogen (secondary N) is 1. The third-order valence-corrected chi connectivity index (χ3v) is 2.44. The van der Waals surface area contributed by atoms with Gasteiger partial charge in [-0.15, -0.1) is 0 Å². The van der Waals surface area contributed by atoms with Gasteiger partial charge >= 0.3 is 5.97 Å². The molecule has 2 aromatic carbocycles. The summed E-state index contributed by atoms with van der Waals surface area (Å²) >= 11 is 0. The van der Waals surface area contributed by atoms with Gasteiger partial charge in [-0.3, -0.25) is 5.43 Å². The first-order chi connectivity index (χ1) is 9.16. The van der Waals surface area contributed by atoms with E-state index in [1.165, 1.54) is 18.3 Å². The fourth-order valence-electron chi connectivity index (χ4n) is 1.49. The molecule has 0 unspecified atom stereocenters. The minimum absolute atomic E-state index is 0.132. The van der Waals surface area contributed by atoms with Crippen LogP contribution >= 0.6 is 0 Å². The quantitative estimate of drug-likeness (QED) is 0.580. The number of carbonyl (C=O) groups is 1. The summed E-state index contributed by atoms with van der Waals surface area (Å²) in [6, 6.07) is 13.1. The smallest absolute Gasteiger partial charge is 0.335 e. The Morgan fingerprint density at radius 3 is 2.68 bits per heavy atom. The Morgan fingerprint density at radius 2 is 1.95 bits per heavy atom. The van der Waals surface area contributed by atoms with Crippen LogP contribution in [0, 0.1) is 0 Å². The van der Waals surface area contributed by atoms with E-state index in [4.69, 9.17) is 5.11 Å². The van der Waals surface area contributed by atoms with Gasteiger partial charge in [0.05, 0.1) is 17.5 Å². The predicted molar refractivity (Wildman–Crippen MR) is 72.7 cm³/mol. The van der Waals surface area contributed by atoms with Gasteiger partial charge in [0.1, 0.15) is 5.75 Å². The number of aromatic hydroxyl groups is 1. The number of hydrazone groups is 1. The highest BCUT2D eigenvalue weighted by Crippen LogP contribution is 2.14. The summed E-state index contributed by atoms with van der Waals surface area (Å²) in [6.45, 7) is 0. The number of aromatic carboxylic acids is 1. The predicted octanol–water partition coefficient (Wildman–Crippen LogP) is 2.54. The van der Waals surface area contributed by atoms with Crippen molar-refractivity contribution in [3.63, 3.8) is 0 Å². The van der Waals surface area contributed by atoms with E-state index in [1.54, 1.807) is 36.4 Å². The molecule has 0 aromatic heterocycles. The van der Waals surface area contributed by atoms with Gasteiger partial charge in [0, 0.05) is 5.56 Å². The van der Waals surface area contributed by atoms with E-state index >= 15 is 0 Å². The van der Waals surface area contributed by atoms with Gasteiger partial charge in [0.25, 0.3) is 0 Å². The topological polar surface area (TPSA) is 81.9 Å². The van der Waals surface area contributed by atoms with Crippen molar-refractivity contribution in [1.82, 2.24) is 0 Å². The van der Waals surface area contributed by atoms with E-state index < -0.39 is 5.97 Å². The minimum Gasteiger partial charge on any atom is -0.507 e. The Morgan fingerprint density at radius 1 is 1.16 bits per heavy atom. The number of hydrogen-bond donors (Lipinski definition) is 3. The maximum absolute atomic E-state index is 10.8. The molecule has 0 saturated heterocycles. The van der Waals surface area contributed by atoms with Crippen LogP contribution in [0.15, 0.2) is 53.6 Å². The number of phenols is 1. The van der Waals surface area contributed by atoms with E-state index in [1.807, 2.05) is 0 Å². The molecule has 2 aromatic rings. The largest absolute Gasteiger partial charge is 0.507 e. The molecule has 0 bridgehead atoms. The molecule has 0 aliphatic carbocycles. The van der Waals surface area contributed by atoms with Crippen LogP contribution in [0.5, 0.6) is 5.75 Å². The second-order valence-corrected chi connectivity index (χ2v) is 3.81. The Hall–Kier alpha value is -2.82. The number of carboxylic acid groups (broad SMARTS) is 1. The van der Waals surface area contributed by atoms with Gasteiger partial charge < -0.3 is 10.2 Å². The van der Waals surface area contributed by atoms with Crippen molar-refractivity contribution in [3.8, 4) is 5.75 Å². The number of hydrogen-bond acceptors (Lipinski definition) is 4. The molecule has 3 N–H and O–H groups in total. The normalized spacial score (nSPS) is 10.5. The van der Waals surface area contributed by atoms with Crippen molar-refractivity contribution in [2.75, 3.05) is 5.43 Å². The SMILES string of the molecule is O=C(O)c1cccc(NN=Cc2ccccc2O)c1. The molecule has 0 radical (unpaired) electrons. The summed E-state index contributed by atoms with van der Waals surface area (Å²) in [5.74, 6) is -0.860. The van der Waals surface area contributed by atoms with Gasteiger partial charge in [0.15, 0.2) is 0 Å². The van der Waals surface area contributed by atoms with E-state index in [0.717, 1.165) is 0 Å². The first-order valence-electron chi connectivity index (χ1n) is 5.57. The van der Waals surface area contributed by atoms with Crippen molar-refractivity contribution in [2.45, 2.75) is 0 Å². The lowest BCUT2D eigenvalue weighted by Gasteiger charge is -2.02. The number of para-hydroxylation sites is 1. The second kappa shape index (κ2) is 5.68. The van der Waals surface area contributed by atoms with Crippen LogP contribution in [-0.2, 0) is 0 Å². The van der Waals surface area contributed by atoms with Crippen LogP contribution in [0.2, 0.25) is 0 Å². The van der Waals surface area contributed by atoms with E-state index in [-0.39, 0.29) is 11.3 Å². The first-order valence-corrected chi connectivity index (χ1v) is 5.57. The zero-order valence-electron chi connectivity index (χ0n) is 9.95. The standard InChI is InChI=1S/C14H12N2O3/c17-13-7-2-1-4-11(13)9-15-16-12-6-3-5-10(8-12)14(18)19/h1-9,16-17H,(H,18,19). The van der Waals surface area contributed by atoms with E-state index in [2.05, 4.69) is 10.5 Å². The summed E-state index contributed by atoms with van der Waals surface area (Å²) in [7, 11) is 0. The Bertz CT molecular complexity index is 624. The van der Waals surface area contributed by atoms with E-state index in [9.17, 15) is 9.90 Å². The minimum atomic E-state index is -0.992. The number of phenolic OH excluding ortho intramolecular Hbond substituents is 1. The van der Waals surface area contributed by atoms with Crippen LogP contribution in [0.25, 0.3) is 0 Å². The molecule has 0 aliphatic heterocycles. The molecule has 0 spiro atoms. The zero-order chi connectivity index (χ0) is 13.7. The highest BCUT2D eigenvalue weighted by atomic mass is 16.4. The fourth-order valence-corrected chi connectivity index (χ4v) is 1.49. The molecule has 0 saturated carbocycles. The van der Waals surface area contributed by atoms with Gasteiger partial charge in [-0.2, -0.15) is 5.10 Å². The number of carboxylic acids is 1. The molecule has 96 valence electrons. The van der Waals surface area contributed by atoms with Crippen LogP contribution in [-0.4, -0.2) is 22.4 Å². The molecule has 5 nitrogen and oxygen atoms in total. The highest BCUT2D eigenvalue weighted by molar-refractivity contribution is 5.89. The molecule has 5 heteroatoms. The molecular weight excluding hydrogens is 244 g/mol. The average Bonchev–Trinajstić information content (AvgIpc) is 2.41. The summed E-state index contributed by atoms with van der Waals surface area (Å²) in [4.78, 5) is 10.8. The number of nitrogens with zero attached hydrogens (tertiary/aromatic N) is 1. The Kier molecular flexibility index (Phi) is 3.78. The summed E-state index contributed by atoms with van der Waals surface area (Å²) in [5, 5.41) is 22.3. The first kappa shape index (κ1) is 12.6. The zero-order valence-corrected chi connectivity index (χ0v) is 9.95. The third kappa shape index (κ3) is 3.32. The average molecular weight is 256 g/mol. The molecule has 2 rings (SSSR count). The van der Waals surface area contributed by atoms with Crippen LogP contribution in [0.1, 0.15) is 15.9 Å². The van der Waals surface area contributed by atoms with Crippen LogP contribution in [0.4, 0.5) is 5.69 Å². The van der Waals surface area contributed by atoms with Crippen molar-refractivity contribution in [3.05, 3.63) is 59.7 Å². The van der Waals surface area contributed by atoms with Crippen molar-refractivity contribution in [1.29, 1.82) is 0 Å². The van der Waals surface area contributed by atoms with Crippen molar-refractivity contribution < 1.29 is 15.0 Å². The molecule has 0 atom stereocenters. The molecule has 0 fully saturated rings. The van der Waals surface area contributed by atoms with Crippen molar-refractivity contribution >= 4 is 17.9 Å². The number of benzene rings is 2. The van der Waals surface area contributed by atoms with Gasteiger partial charge in [0.2, 0.25) is 0 Å². The Labute approximate surface area is 109 Å². The lowest BCUT2D eigenvalue weighted by atomic mass is 10.2.